The van der Waals surface area contributed by atoms with Crippen LogP contribution in [0.5, 0.6) is 5.75 Å². The number of ether oxygens (including phenoxy) is 2. The van der Waals surface area contributed by atoms with Crippen LogP contribution in [0.25, 0.3) is 0 Å². The number of amides is 2. The molecule has 6 nitrogen and oxygen atoms in total. The van der Waals surface area contributed by atoms with Crippen molar-refractivity contribution < 1.29 is 23.5 Å². The van der Waals surface area contributed by atoms with Crippen molar-refractivity contribution in [2.45, 2.75) is 45.3 Å². The summed E-state index contributed by atoms with van der Waals surface area (Å²) in [5.74, 6) is -1.19. The minimum absolute atomic E-state index is 0.0201. The summed E-state index contributed by atoms with van der Waals surface area (Å²) in [6.07, 6.45) is 1.06. The molecule has 0 spiro atoms. The first-order valence-electron chi connectivity index (χ1n) is 8.32. The summed E-state index contributed by atoms with van der Waals surface area (Å²) in [6, 6.07) is 4.17. The minimum Gasteiger partial charge on any atom is -0.494 e. The molecule has 2 amide bonds. The van der Waals surface area contributed by atoms with E-state index in [9.17, 15) is 14.0 Å². The summed E-state index contributed by atoms with van der Waals surface area (Å²) in [5, 5.41) is 2.79. The van der Waals surface area contributed by atoms with Gasteiger partial charge in [0.1, 0.15) is 5.60 Å². The van der Waals surface area contributed by atoms with Crippen molar-refractivity contribution in [1.29, 1.82) is 0 Å². The van der Waals surface area contributed by atoms with Gasteiger partial charge in [-0.15, -0.1) is 0 Å². The van der Waals surface area contributed by atoms with Crippen LogP contribution in [-0.4, -0.2) is 48.7 Å². The number of rotatable bonds is 3. The molecule has 1 fully saturated rings. The molecule has 0 bridgehead atoms. The molecule has 0 radical (unpaired) electrons. The Morgan fingerprint density at radius 2 is 2.04 bits per heavy atom. The summed E-state index contributed by atoms with van der Waals surface area (Å²) in [6.45, 7) is 6.33. The fourth-order valence-corrected chi connectivity index (χ4v) is 2.69. The van der Waals surface area contributed by atoms with Crippen LogP contribution in [0.4, 0.5) is 9.18 Å². The second kappa shape index (κ2) is 7.72. The molecule has 7 heteroatoms. The number of piperidine rings is 1. The Kier molecular flexibility index (Phi) is 5.87. The lowest BCUT2D eigenvalue weighted by Crippen LogP contribution is -2.50. The topological polar surface area (TPSA) is 67.9 Å². The zero-order valence-corrected chi connectivity index (χ0v) is 15.1. The van der Waals surface area contributed by atoms with E-state index in [0.717, 1.165) is 12.8 Å². The van der Waals surface area contributed by atoms with Crippen molar-refractivity contribution in [3.63, 3.8) is 0 Å². The van der Waals surface area contributed by atoms with E-state index in [4.69, 9.17) is 9.47 Å². The number of carbonyl (C=O) groups is 2. The molecule has 0 unspecified atom stereocenters. The number of carbonyl (C=O) groups excluding carboxylic acids is 2. The molecule has 1 heterocycles. The van der Waals surface area contributed by atoms with E-state index in [1.54, 1.807) is 31.7 Å². The van der Waals surface area contributed by atoms with Gasteiger partial charge in [-0.1, -0.05) is 6.07 Å². The monoisotopic (exact) mass is 352 g/mol. The third-order valence-corrected chi connectivity index (χ3v) is 3.84. The highest BCUT2D eigenvalue weighted by atomic mass is 19.1. The molecule has 1 aliphatic heterocycles. The molecule has 1 atom stereocenters. The Morgan fingerprint density at radius 1 is 1.32 bits per heavy atom. The van der Waals surface area contributed by atoms with Crippen LogP contribution < -0.4 is 10.1 Å². The van der Waals surface area contributed by atoms with Crippen molar-refractivity contribution in [1.82, 2.24) is 10.2 Å². The maximum atomic E-state index is 14.2. The summed E-state index contributed by atoms with van der Waals surface area (Å²) in [5.41, 5.74) is -0.648. The number of benzene rings is 1. The molecule has 0 aromatic heterocycles. The number of halogens is 1. The van der Waals surface area contributed by atoms with Gasteiger partial charge in [0.25, 0.3) is 5.91 Å². The number of nitrogens with zero attached hydrogens (tertiary/aromatic N) is 1. The molecule has 2 rings (SSSR count). The molecule has 1 aromatic rings. The fraction of sp³-hybridized carbons (Fsp3) is 0.556. The van der Waals surface area contributed by atoms with Crippen LogP contribution in [0, 0.1) is 5.82 Å². The van der Waals surface area contributed by atoms with Crippen LogP contribution in [-0.2, 0) is 4.74 Å². The molecule has 1 N–H and O–H groups in total. The number of hydrogen-bond acceptors (Lipinski definition) is 4. The predicted molar refractivity (Wildman–Crippen MR) is 91.2 cm³/mol. The van der Waals surface area contributed by atoms with Gasteiger partial charge in [-0.05, 0) is 45.7 Å². The maximum absolute atomic E-state index is 14.2. The third kappa shape index (κ3) is 5.08. The van der Waals surface area contributed by atoms with E-state index in [0.29, 0.717) is 13.1 Å². The smallest absolute Gasteiger partial charge is 0.410 e. The Morgan fingerprint density at radius 3 is 2.68 bits per heavy atom. The summed E-state index contributed by atoms with van der Waals surface area (Å²) >= 11 is 0. The quantitative estimate of drug-likeness (QED) is 0.908. The lowest BCUT2D eigenvalue weighted by molar-refractivity contribution is 0.0185. The first kappa shape index (κ1) is 19.0. The molecule has 0 saturated carbocycles. The number of methoxy groups -OCH3 is 1. The molecule has 138 valence electrons. The number of likely N-dealkylation sites (tertiary alicyclic amines) is 1. The number of nitrogens with one attached hydrogen (secondary N) is 1. The lowest BCUT2D eigenvalue weighted by atomic mass is 10.1. The van der Waals surface area contributed by atoms with Gasteiger partial charge in [0.05, 0.1) is 12.7 Å². The third-order valence-electron chi connectivity index (χ3n) is 3.84. The fourth-order valence-electron chi connectivity index (χ4n) is 2.69. The second-order valence-corrected chi connectivity index (χ2v) is 7.06. The van der Waals surface area contributed by atoms with Gasteiger partial charge < -0.3 is 19.7 Å². The van der Waals surface area contributed by atoms with Gasteiger partial charge >= 0.3 is 6.09 Å². The standard InChI is InChI=1S/C18H25FN2O4/c1-18(2,3)25-17(23)21-10-6-7-12(11-21)20-16(22)13-8-5-9-14(24-4)15(13)19/h5,8-9,12H,6-7,10-11H2,1-4H3,(H,20,22)/t12-/m1/s1. The van der Waals surface area contributed by atoms with Crippen molar-refractivity contribution in [2.75, 3.05) is 20.2 Å². The SMILES string of the molecule is COc1cccc(C(=O)N[C@@H]2CCCN(C(=O)OC(C)(C)C)C2)c1F. The lowest BCUT2D eigenvalue weighted by Gasteiger charge is -2.34. The van der Waals surface area contributed by atoms with E-state index in [-0.39, 0.29) is 17.4 Å². The van der Waals surface area contributed by atoms with Crippen molar-refractivity contribution in [3.8, 4) is 5.75 Å². The zero-order valence-electron chi connectivity index (χ0n) is 15.1. The van der Waals surface area contributed by atoms with Crippen molar-refractivity contribution in [3.05, 3.63) is 29.6 Å². The highest BCUT2D eigenvalue weighted by Crippen LogP contribution is 2.21. The highest BCUT2D eigenvalue weighted by molar-refractivity contribution is 5.95. The second-order valence-electron chi connectivity index (χ2n) is 7.06. The molecule has 1 saturated heterocycles. The van der Waals surface area contributed by atoms with Gasteiger partial charge in [-0.2, -0.15) is 0 Å². The molecule has 25 heavy (non-hydrogen) atoms. The molecular formula is C18H25FN2O4. The van der Waals surface area contributed by atoms with Crippen LogP contribution in [0.2, 0.25) is 0 Å². The largest absolute Gasteiger partial charge is 0.494 e. The molecule has 1 aromatic carbocycles. The number of hydrogen-bond donors (Lipinski definition) is 1. The first-order valence-corrected chi connectivity index (χ1v) is 8.32. The van der Waals surface area contributed by atoms with Gasteiger partial charge in [-0.3, -0.25) is 4.79 Å². The predicted octanol–water partition coefficient (Wildman–Crippen LogP) is 2.96. The van der Waals surface area contributed by atoms with Gasteiger partial charge in [-0.25, -0.2) is 9.18 Å². The minimum atomic E-state index is -0.692. The Hall–Kier alpha value is -2.31. The normalized spacial score (nSPS) is 17.8. The Bertz CT molecular complexity index is 642. The summed E-state index contributed by atoms with van der Waals surface area (Å²) in [7, 11) is 1.35. The van der Waals surface area contributed by atoms with Crippen LogP contribution >= 0.6 is 0 Å². The molecule has 1 aliphatic rings. The maximum Gasteiger partial charge on any atom is 0.410 e. The first-order chi connectivity index (χ1) is 11.7. The summed E-state index contributed by atoms with van der Waals surface area (Å²) in [4.78, 5) is 26.1. The van der Waals surface area contributed by atoms with Gasteiger partial charge in [0, 0.05) is 19.1 Å². The molecular weight excluding hydrogens is 327 g/mol. The van der Waals surface area contributed by atoms with E-state index < -0.39 is 23.4 Å². The highest BCUT2D eigenvalue weighted by Gasteiger charge is 2.29. The average Bonchev–Trinajstić information content (AvgIpc) is 2.53. The van der Waals surface area contributed by atoms with E-state index >= 15 is 0 Å². The van der Waals surface area contributed by atoms with Crippen molar-refractivity contribution >= 4 is 12.0 Å². The van der Waals surface area contributed by atoms with Crippen LogP contribution in [0.1, 0.15) is 44.0 Å². The Balaban J connectivity index is 2.00. The average molecular weight is 352 g/mol. The summed E-state index contributed by atoms with van der Waals surface area (Å²) < 4.78 is 24.5. The zero-order chi connectivity index (χ0) is 18.6. The van der Waals surface area contributed by atoms with E-state index in [2.05, 4.69) is 5.32 Å². The Labute approximate surface area is 147 Å². The van der Waals surface area contributed by atoms with E-state index in [1.807, 2.05) is 0 Å². The van der Waals surface area contributed by atoms with Crippen LogP contribution in [0.15, 0.2) is 18.2 Å². The van der Waals surface area contributed by atoms with E-state index in [1.165, 1.54) is 19.2 Å². The van der Waals surface area contributed by atoms with Gasteiger partial charge in [0.2, 0.25) is 0 Å². The van der Waals surface area contributed by atoms with Crippen molar-refractivity contribution in [2.24, 2.45) is 0 Å². The van der Waals surface area contributed by atoms with Crippen LogP contribution in [0.3, 0.4) is 0 Å². The van der Waals surface area contributed by atoms with Gasteiger partial charge in [0.15, 0.2) is 11.6 Å². The molecule has 0 aliphatic carbocycles.